The van der Waals surface area contributed by atoms with E-state index in [1.54, 1.807) is 0 Å². The van der Waals surface area contributed by atoms with Gasteiger partial charge in [-0.3, -0.25) is 0 Å². The van der Waals surface area contributed by atoms with Gasteiger partial charge in [-0.1, -0.05) is 0 Å². The molecule has 0 saturated carbocycles. The molecule has 0 spiro atoms. The van der Waals surface area contributed by atoms with Gasteiger partial charge in [-0.2, -0.15) is 0 Å². The van der Waals surface area contributed by atoms with E-state index >= 15 is 0 Å². The number of aryl methyl sites for hydroxylation is 2. The summed E-state index contributed by atoms with van der Waals surface area (Å²) in [5.41, 5.74) is 2.27. The van der Waals surface area contributed by atoms with Gasteiger partial charge in [0.05, 0.1) is 18.4 Å². The minimum absolute atomic E-state index is 0. The van der Waals surface area contributed by atoms with Crippen molar-refractivity contribution in [1.82, 2.24) is 10.3 Å². The van der Waals surface area contributed by atoms with Crippen LogP contribution in [0.2, 0.25) is 0 Å². The Morgan fingerprint density at radius 2 is 2.25 bits per heavy atom. The molecule has 2 fully saturated rings. The number of nitrogens with one attached hydrogen (secondary N) is 1. The van der Waals surface area contributed by atoms with Crippen molar-refractivity contribution in [3.05, 3.63) is 22.9 Å². The number of anilines is 1. The summed E-state index contributed by atoms with van der Waals surface area (Å²) in [7, 11) is 1.40. The van der Waals surface area contributed by atoms with Gasteiger partial charge in [-0.05, 0) is 31.9 Å². The molecule has 20 heavy (non-hydrogen) atoms. The van der Waals surface area contributed by atoms with Crippen LogP contribution < -0.4 is 10.2 Å². The molecule has 0 aliphatic carbocycles. The highest BCUT2D eigenvalue weighted by Gasteiger charge is 2.38. The molecule has 0 unspecified atom stereocenters. The van der Waals surface area contributed by atoms with E-state index < -0.39 is 0 Å². The number of piperazine rings is 1. The van der Waals surface area contributed by atoms with Crippen molar-refractivity contribution in [2.24, 2.45) is 0 Å². The molecule has 2 atom stereocenters. The molecule has 0 amide bonds. The first-order chi connectivity index (χ1) is 9.10. The quantitative estimate of drug-likeness (QED) is 0.838. The maximum Gasteiger partial charge on any atom is 0.339 e. The fourth-order valence-corrected chi connectivity index (χ4v) is 3.21. The summed E-state index contributed by atoms with van der Waals surface area (Å²) in [6, 6.07) is 3.13. The van der Waals surface area contributed by atoms with E-state index in [2.05, 4.69) is 15.2 Å². The topological polar surface area (TPSA) is 54.5 Å². The van der Waals surface area contributed by atoms with Crippen LogP contribution in [0.15, 0.2) is 6.07 Å². The van der Waals surface area contributed by atoms with Crippen LogP contribution in [-0.4, -0.2) is 43.2 Å². The molecular weight excluding hydrogens is 278 g/mol. The standard InChI is InChI=1S/C14H19N3O2.ClH/c1-8-4-12(16-9(2)13(8)14(18)19-3)17-7-10-5-11(17)6-15-10;/h4,10-11,15H,5-7H2,1-3H3;1H/t10-,11-;/m0./s1. The van der Waals surface area contributed by atoms with Crippen molar-refractivity contribution >= 4 is 24.2 Å². The number of ether oxygens (including phenoxy) is 1. The molecule has 1 N–H and O–H groups in total. The Labute approximate surface area is 125 Å². The van der Waals surface area contributed by atoms with Crippen molar-refractivity contribution in [2.45, 2.75) is 32.4 Å². The molecule has 1 aromatic heterocycles. The van der Waals surface area contributed by atoms with Gasteiger partial charge in [-0.15, -0.1) is 12.4 Å². The molecule has 6 heteroatoms. The molecule has 2 aliphatic heterocycles. The minimum Gasteiger partial charge on any atom is -0.465 e. The van der Waals surface area contributed by atoms with Gasteiger partial charge in [0.15, 0.2) is 0 Å². The monoisotopic (exact) mass is 297 g/mol. The summed E-state index contributed by atoms with van der Waals surface area (Å²) in [6.07, 6.45) is 1.19. The van der Waals surface area contributed by atoms with Crippen LogP contribution in [0.25, 0.3) is 0 Å². The molecule has 0 aromatic carbocycles. The number of pyridine rings is 1. The number of halogens is 1. The zero-order chi connectivity index (χ0) is 13.6. The normalized spacial score (nSPS) is 23.6. The van der Waals surface area contributed by atoms with Gasteiger partial charge >= 0.3 is 5.97 Å². The average molecular weight is 298 g/mol. The highest BCUT2D eigenvalue weighted by Crippen LogP contribution is 2.30. The van der Waals surface area contributed by atoms with E-state index in [0.29, 0.717) is 17.6 Å². The summed E-state index contributed by atoms with van der Waals surface area (Å²) in [5, 5.41) is 3.48. The lowest BCUT2D eigenvalue weighted by Gasteiger charge is -2.29. The molecule has 3 heterocycles. The van der Waals surface area contributed by atoms with Gasteiger partial charge in [0.2, 0.25) is 0 Å². The third kappa shape index (κ3) is 2.36. The third-order valence-corrected chi connectivity index (χ3v) is 4.12. The number of fused-ring (bicyclic) bond motifs is 2. The highest BCUT2D eigenvalue weighted by atomic mass is 35.5. The van der Waals surface area contributed by atoms with Crippen LogP contribution in [-0.2, 0) is 4.74 Å². The maximum atomic E-state index is 11.7. The van der Waals surface area contributed by atoms with E-state index in [-0.39, 0.29) is 18.4 Å². The summed E-state index contributed by atoms with van der Waals surface area (Å²) in [5.74, 6) is 0.676. The molecule has 2 bridgehead atoms. The van der Waals surface area contributed by atoms with E-state index in [0.717, 1.165) is 30.2 Å². The highest BCUT2D eigenvalue weighted by molar-refractivity contribution is 5.92. The molecule has 2 aliphatic rings. The molecule has 2 saturated heterocycles. The molecule has 1 aromatic rings. The lowest BCUT2D eigenvalue weighted by Crippen LogP contribution is -2.44. The minimum atomic E-state index is -0.307. The van der Waals surface area contributed by atoms with Crippen LogP contribution in [0.5, 0.6) is 0 Å². The summed E-state index contributed by atoms with van der Waals surface area (Å²) < 4.78 is 4.81. The van der Waals surface area contributed by atoms with Gasteiger partial charge in [0.1, 0.15) is 5.82 Å². The Balaban J connectivity index is 0.00000147. The van der Waals surface area contributed by atoms with Crippen LogP contribution in [0.1, 0.15) is 28.0 Å². The number of hydrogen-bond acceptors (Lipinski definition) is 5. The van der Waals surface area contributed by atoms with Crippen LogP contribution in [0.4, 0.5) is 5.82 Å². The second-order valence-corrected chi connectivity index (χ2v) is 5.40. The van der Waals surface area contributed by atoms with E-state index in [1.807, 2.05) is 19.9 Å². The van der Waals surface area contributed by atoms with Crippen LogP contribution in [0.3, 0.4) is 0 Å². The Bertz CT molecular complexity index is 512. The maximum absolute atomic E-state index is 11.7. The summed E-state index contributed by atoms with van der Waals surface area (Å²) in [6.45, 7) is 5.85. The SMILES string of the molecule is COC(=O)c1c(C)cc(N2C[C@@H]3C[C@H]2CN3)nc1C.Cl. The van der Waals surface area contributed by atoms with Crippen LogP contribution >= 0.6 is 12.4 Å². The van der Waals surface area contributed by atoms with Crippen molar-refractivity contribution in [3.8, 4) is 0 Å². The van der Waals surface area contributed by atoms with E-state index in [4.69, 9.17) is 4.74 Å². The zero-order valence-electron chi connectivity index (χ0n) is 12.0. The second kappa shape index (κ2) is 5.58. The number of esters is 1. The molecular formula is C14H20ClN3O2. The predicted octanol–water partition coefficient (Wildman–Crippen LogP) is 1.46. The van der Waals surface area contributed by atoms with Gasteiger partial charge < -0.3 is 15.0 Å². The van der Waals surface area contributed by atoms with Crippen molar-refractivity contribution in [2.75, 3.05) is 25.1 Å². The Kier molecular flexibility index (Phi) is 4.20. The first-order valence-corrected chi connectivity index (χ1v) is 6.66. The number of carbonyl (C=O) groups is 1. The number of carbonyl (C=O) groups excluding carboxylic acids is 1. The van der Waals surface area contributed by atoms with Crippen molar-refractivity contribution < 1.29 is 9.53 Å². The van der Waals surface area contributed by atoms with Crippen molar-refractivity contribution in [1.29, 1.82) is 0 Å². The Morgan fingerprint density at radius 3 is 2.75 bits per heavy atom. The fourth-order valence-electron chi connectivity index (χ4n) is 3.21. The third-order valence-electron chi connectivity index (χ3n) is 4.12. The lowest BCUT2D eigenvalue weighted by atomic mass is 10.1. The summed E-state index contributed by atoms with van der Waals surface area (Å²) >= 11 is 0. The first-order valence-electron chi connectivity index (χ1n) is 6.66. The summed E-state index contributed by atoms with van der Waals surface area (Å²) in [4.78, 5) is 18.7. The van der Waals surface area contributed by atoms with Gasteiger partial charge in [0, 0.05) is 25.2 Å². The fraction of sp³-hybridized carbons (Fsp3) is 0.571. The first kappa shape index (κ1) is 15.1. The predicted molar refractivity (Wildman–Crippen MR) is 79.8 cm³/mol. The number of aromatic nitrogens is 1. The Morgan fingerprint density at radius 1 is 1.50 bits per heavy atom. The lowest BCUT2D eigenvalue weighted by molar-refractivity contribution is 0.0598. The van der Waals surface area contributed by atoms with Gasteiger partial charge in [0.25, 0.3) is 0 Å². The zero-order valence-corrected chi connectivity index (χ0v) is 12.8. The average Bonchev–Trinajstić information content (AvgIpc) is 2.99. The number of rotatable bonds is 2. The molecule has 3 rings (SSSR count). The largest absolute Gasteiger partial charge is 0.465 e. The van der Waals surface area contributed by atoms with E-state index in [1.165, 1.54) is 13.5 Å². The second-order valence-electron chi connectivity index (χ2n) is 5.40. The van der Waals surface area contributed by atoms with Crippen molar-refractivity contribution in [3.63, 3.8) is 0 Å². The molecule has 110 valence electrons. The number of methoxy groups -OCH3 is 1. The number of nitrogens with zero attached hydrogens (tertiary/aromatic N) is 2. The number of hydrogen-bond donors (Lipinski definition) is 1. The molecule has 5 nitrogen and oxygen atoms in total. The van der Waals surface area contributed by atoms with E-state index in [9.17, 15) is 4.79 Å². The smallest absolute Gasteiger partial charge is 0.339 e. The van der Waals surface area contributed by atoms with Crippen LogP contribution in [0, 0.1) is 13.8 Å². The molecule has 0 radical (unpaired) electrons. The van der Waals surface area contributed by atoms with Gasteiger partial charge in [-0.25, -0.2) is 9.78 Å². The Hall–Kier alpha value is -1.33.